The average Bonchev–Trinajstić information content (AvgIpc) is 2.20. The maximum absolute atomic E-state index is 10.2. The molecular formula is C10H11ClNO3-. The number of benzene rings is 1. The summed E-state index contributed by atoms with van der Waals surface area (Å²) in [6.07, 6.45) is -0.0620. The third kappa shape index (κ3) is 3.67. The summed E-state index contributed by atoms with van der Waals surface area (Å²) in [5, 5.41) is 13.6. The maximum Gasteiger partial charge on any atom is 0.121 e. The molecule has 0 atom stereocenters. The Labute approximate surface area is 92.8 Å². The van der Waals surface area contributed by atoms with E-state index in [1.165, 1.54) is 0 Å². The van der Waals surface area contributed by atoms with Crippen molar-refractivity contribution in [2.75, 3.05) is 19.0 Å². The van der Waals surface area contributed by atoms with Crippen LogP contribution in [0.2, 0.25) is 5.02 Å². The number of carbonyl (C=O) groups excluding carboxylic acids is 1. The minimum atomic E-state index is -1.10. The minimum absolute atomic E-state index is 0.0620. The van der Waals surface area contributed by atoms with Crippen molar-refractivity contribution in [2.45, 2.75) is 6.42 Å². The fraction of sp³-hybridized carbons (Fsp3) is 0.300. The third-order valence-corrected chi connectivity index (χ3v) is 2.15. The van der Waals surface area contributed by atoms with Crippen LogP contribution in [0, 0.1) is 0 Å². The van der Waals surface area contributed by atoms with Gasteiger partial charge in [0.25, 0.3) is 0 Å². The van der Waals surface area contributed by atoms with Gasteiger partial charge in [-0.05, 0) is 12.1 Å². The molecular weight excluding hydrogens is 218 g/mol. The zero-order valence-electron chi connectivity index (χ0n) is 8.25. The lowest BCUT2D eigenvalue weighted by Gasteiger charge is -2.10. The van der Waals surface area contributed by atoms with Crippen LogP contribution in [0.1, 0.15) is 6.42 Å². The van der Waals surface area contributed by atoms with Gasteiger partial charge in [0.1, 0.15) is 5.75 Å². The minimum Gasteiger partial charge on any atom is -0.550 e. The number of hydrogen-bond donors (Lipinski definition) is 1. The SMILES string of the molecule is COc1ccc(Cl)c(NCCC(=O)[O-])c1. The molecule has 15 heavy (non-hydrogen) atoms. The van der Waals surface area contributed by atoms with Gasteiger partial charge in [0.15, 0.2) is 0 Å². The van der Waals surface area contributed by atoms with Crippen LogP contribution in [0.15, 0.2) is 18.2 Å². The fourth-order valence-electron chi connectivity index (χ4n) is 1.07. The molecule has 0 aliphatic rings. The molecule has 0 aliphatic carbocycles. The molecule has 1 N–H and O–H groups in total. The lowest BCUT2D eigenvalue weighted by Crippen LogP contribution is -2.24. The molecule has 0 fully saturated rings. The van der Waals surface area contributed by atoms with Crippen molar-refractivity contribution in [3.63, 3.8) is 0 Å². The van der Waals surface area contributed by atoms with Gasteiger partial charge in [0.05, 0.1) is 17.8 Å². The number of anilines is 1. The Morgan fingerprint density at radius 1 is 1.60 bits per heavy atom. The Morgan fingerprint density at radius 3 is 2.93 bits per heavy atom. The van der Waals surface area contributed by atoms with Crippen molar-refractivity contribution >= 4 is 23.3 Å². The molecule has 0 aliphatic heterocycles. The predicted molar refractivity (Wildman–Crippen MR) is 56.1 cm³/mol. The van der Waals surface area contributed by atoms with Crippen molar-refractivity contribution in [1.29, 1.82) is 0 Å². The van der Waals surface area contributed by atoms with Crippen LogP contribution in [-0.2, 0) is 4.79 Å². The maximum atomic E-state index is 10.2. The summed E-state index contributed by atoms with van der Waals surface area (Å²) in [6, 6.07) is 5.12. The molecule has 1 aromatic carbocycles. The van der Waals surface area contributed by atoms with E-state index in [9.17, 15) is 9.90 Å². The fourth-order valence-corrected chi connectivity index (χ4v) is 1.25. The largest absolute Gasteiger partial charge is 0.550 e. The number of aliphatic carboxylic acids is 1. The molecule has 0 heterocycles. The van der Waals surface area contributed by atoms with Crippen molar-refractivity contribution in [3.8, 4) is 5.75 Å². The van der Waals surface area contributed by atoms with Crippen molar-refractivity contribution in [3.05, 3.63) is 23.2 Å². The van der Waals surface area contributed by atoms with Gasteiger partial charge >= 0.3 is 0 Å². The number of halogens is 1. The van der Waals surface area contributed by atoms with Crippen LogP contribution in [0.4, 0.5) is 5.69 Å². The van der Waals surface area contributed by atoms with E-state index in [0.29, 0.717) is 16.5 Å². The molecule has 0 bridgehead atoms. The number of carbonyl (C=O) groups is 1. The highest BCUT2D eigenvalue weighted by Crippen LogP contribution is 2.26. The Hall–Kier alpha value is -1.42. The van der Waals surface area contributed by atoms with Crippen LogP contribution in [0.25, 0.3) is 0 Å². The van der Waals surface area contributed by atoms with E-state index >= 15 is 0 Å². The van der Waals surface area contributed by atoms with Gasteiger partial charge in [0, 0.05) is 25.0 Å². The summed E-state index contributed by atoms with van der Waals surface area (Å²) in [4.78, 5) is 10.2. The Balaban J connectivity index is 2.62. The van der Waals surface area contributed by atoms with E-state index in [2.05, 4.69) is 5.32 Å². The van der Waals surface area contributed by atoms with Gasteiger partial charge < -0.3 is 20.0 Å². The van der Waals surface area contributed by atoms with E-state index < -0.39 is 5.97 Å². The second kappa shape index (κ2) is 5.46. The molecule has 0 radical (unpaired) electrons. The number of methoxy groups -OCH3 is 1. The molecule has 82 valence electrons. The lowest BCUT2D eigenvalue weighted by molar-refractivity contribution is -0.305. The van der Waals surface area contributed by atoms with Crippen LogP contribution >= 0.6 is 11.6 Å². The topological polar surface area (TPSA) is 61.4 Å². The molecule has 1 rings (SSSR count). The second-order valence-electron chi connectivity index (χ2n) is 2.89. The van der Waals surface area contributed by atoms with Gasteiger partial charge in [-0.15, -0.1) is 0 Å². The number of ether oxygens (including phenoxy) is 1. The number of carboxylic acids is 1. The zero-order chi connectivity index (χ0) is 11.3. The molecule has 1 aromatic rings. The first-order chi connectivity index (χ1) is 7.13. The molecule has 4 nitrogen and oxygen atoms in total. The molecule has 0 spiro atoms. The van der Waals surface area contributed by atoms with Gasteiger partial charge in [-0.2, -0.15) is 0 Å². The molecule has 0 unspecified atom stereocenters. The number of rotatable bonds is 5. The highest BCUT2D eigenvalue weighted by molar-refractivity contribution is 6.33. The van der Waals surface area contributed by atoms with E-state index in [-0.39, 0.29) is 13.0 Å². The summed E-state index contributed by atoms with van der Waals surface area (Å²) >= 11 is 5.89. The van der Waals surface area contributed by atoms with Gasteiger partial charge in [-0.3, -0.25) is 0 Å². The summed E-state index contributed by atoms with van der Waals surface area (Å²) in [5.74, 6) is -0.433. The van der Waals surface area contributed by atoms with E-state index in [4.69, 9.17) is 16.3 Å². The van der Waals surface area contributed by atoms with Gasteiger partial charge in [0.2, 0.25) is 0 Å². The first-order valence-electron chi connectivity index (χ1n) is 4.40. The van der Waals surface area contributed by atoms with Gasteiger partial charge in [-0.1, -0.05) is 11.6 Å². The molecule has 5 heteroatoms. The number of carboxylic acid groups (broad SMARTS) is 1. The Kier molecular flexibility index (Phi) is 4.24. The molecule has 0 amide bonds. The first-order valence-corrected chi connectivity index (χ1v) is 4.78. The van der Waals surface area contributed by atoms with Crippen molar-refractivity contribution < 1.29 is 14.6 Å². The highest BCUT2D eigenvalue weighted by atomic mass is 35.5. The monoisotopic (exact) mass is 228 g/mol. The smallest absolute Gasteiger partial charge is 0.121 e. The summed E-state index contributed by atoms with van der Waals surface area (Å²) in [5.41, 5.74) is 0.650. The second-order valence-corrected chi connectivity index (χ2v) is 3.30. The summed E-state index contributed by atoms with van der Waals surface area (Å²) in [6.45, 7) is 0.273. The van der Waals surface area contributed by atoms with Gasteiger partial charge in [-0.25, -0.2) is 0 Å². The number of hydrogen-bond acceptors (Lipinski definition) is 4. The van der Waals surface area contributed by atoms with E-state index in [1.54, 1.807) is 25.3 Å². The molecule has 0 saturated carbocycles. The summed E-state index contributed by atoms with van der Waals surface area (Å²) < 4.78 is 5.01. The Bertz CT molecular complexity index is 355. The predicted octanol–water partition coefficient (Wildman–Crippen LogP) is 0.900. The lowest BCUT2D eigenvalue weighted by atomic mass is 10.3. The molecule has 0 aromatic heterocycles. The van der Waals surface area contributed by atoms with Crippen LogP contribution < -0.4 is 15.2 Å². The Morgan fingerprint density at radius 2 is 2.33 bits per heavy atom. The summed E-state index contributed by atoms with van der Waals surface area (Å²) in [7, 11) is 1.55. The normalized spacial score (nSPS) is 9.73. The first kappa shape index (κ1) is 11.7. The van der Waals surface area contributed by atoms with Crippen LogP contribution in [0.5, 0.6) is 5.75 Å². The zero-order valence-corrected chi connectivity index (χ0v) is 9.00. The number of nitrogens with one attached hydrogen (secondary N) is 1. The quantitative estimate of drug-likeness (QED) is 0.814. The van der Waals surface area contributed by atoms with Crippen LogP contribution in [0.3, 0.4) is 0 Å². The van der Waals surface area contributed by atoms with Crippen molar-refractivity contribution in [2.24, 2.45) is 0 Å². The highest BCUT2D eigenvalue weighted by Gasteiger charge is 2.01. The van der Waals surface area contributed by atoms with E-state index in [0.717, 1.165) is 0 Å². The van der Waals surface area contributed by atoms with Crippen LogP contribution in [-0.4, -0.2) is 19.6 Å². The standard InChI is InChI=1S/C10H12ClNO3/c1-15-7-2-3-8(11)9(6-7)12-5-4-10(13)14/h2-3,6,12H,4-5H2,1H3,(H,13,14)/p-1. The third-order valence-electron chi connectivity index (χ3n) is 1.82. The molecule has 0 saturated heterocycles. The average molecular weight is 229 g/mol. The van der Waals surface area contributed by atoms with Crippen molar-refractivity contribution in [1.82, 2.24) is 0 Å². The van der Waals surface area contributed by atoms with E-state index in [1.807, 2.05) is 0 Å².